The third-order valence-corrected chi connectivity index (χ3v) is 4.92. The van der Waals surface area contributed by atoms with Gasteiger partial charge in [-0.05, 0) is 30.1 Å². The molecule has 1 aromatic rings. The third kappa shape index (κ3) is 5.24. The van der Waals surface area contributed by atoms with E-state index in [0.717, 1.165) is 35.1 Å². The largest absolute Gasteiger partial charge is 0.492 e. The molecule has 0 bridgehead atoms. The molecule has 24 heavy (non-hydrogen) atoms. The minimum absolute atomic E-state index is 0.219. The van der Waals surface area contributed by atoms with Crippen molar-refractivity contribution in [3.05, 3.63) is 38.6 Å². The molecule has 8 heteroatoms. The predicted molar refractivity (Wildman–Crippen MR) is 89.5 cm³/mol. The van der Waals surface area contributed by atoms with Crippen LogP contribution in [0.2, 0.25) is 0 Å². The lowest BCUT2D eigenvalue weighted by atomic mass is 9.91. The van der Waals surface area contributed by atoms with Crippen molar-refractivity contribution in [3.63, 3.8) is 0 Å². The minimum atomic E-state index is -4.34. The van der Waals surface area contributed by atoms with Gasteiger partial charge in [-0.25, -0.2) is 0 Å². The molecule has 2 N–H and O–H groups in total. The van der Waals surface area contributed by atoms with Gasteiger partial charge in [-0.3, -0.25) is 0 Å². The highest BCUT2D eigenvalue weighted by Gasteiger charge is 2.32. The molecule has 0 saturated heterocycles. The number of thiophene rings is 1. The Balaban J connectivity index is 1.99. The number of halogens is 4. The molecular weight excluding hydrogens is 363 g/mol. The lowest BCUT2D eigenvalue weighted by molar-refractivity contribution is -0.134. The fourth-order valence-electron chi connectivity index (χ4n) is 2.53. The number of hydrogen-bond acceptors (Lipinski definition) is 4. The van der Waals surface area contributed by atoms with E-state index in [1.165, 1.54) is 5.38 Å². The van der Waals surface area contributed by atoms with Crippen LogP contribution in [0, 0.1) is 0 Å². The first-order valence-electron chi connectivity index (χ1n) is 7.42. The van der Waals surface area contributed by atoms with Gasteiger partial charge in [0.1, 0.15) is 10.6 Å². The molecule has 1 aromatic heterocycles. The fraction of sp³-hybridized carbons (Fsp3) is 0.500. The quantitative estimate of drug-likeness (QED) is 0.743. The zero-order valence-electron chi connectivity index (χ0n) is 13.2. The van der Waals surface area contributed by atoms with E-state index in [4.69, 9.17) is 26.8 Å². The second-order valence-electron chi connectivity index (χ2n) is 5.45. The number of alkyl halides is 3. The van der Waals surface area contributed by atoms with Crippen molar-refractivity contribution in [1.29, 1.82) is 0 Å². The van der Waals surface area contributed by atoms with Gasteiger partial charge in [-0.2, -0.15) is 13.2 Å². The van der Waals surface area contributed by atoms with E-state index in [0.29, 0.717) is 24.4 Å². The molecule has 0 amide bonds. The van der Waals surface area contributed by atoms with Crippen molar-refractivity contribution in [3.8, 4) is 5.75 Å². The Morgan fingerprint density at radius 2 is 2.12 bits per heavy atom. The van der Waals surface area contributed by atoms with Crippen LogP contribution < -0.4 is 10.5 Å². The SMILES string of the molecule is COCC(N)C1=C(CCOc2csc(C(F)(F)F)c2)C=C(Cl)CC1. The van der Waals surface area contributed by atoms with Crippen LogP contribution in [-0.4, -0.2) is 26.4 Å². The van der Waals surface area contributed by atoms with Gasteiger partial charge < -0.3 is 15.2 Å². The van der Waals surface area contributed by atoms with Crippen LogP contribution in [0.1, 0.15) is 24.1 Å². The number of allylic oxidation sites excluding steroid dienone is 2. The molecule has 3 nitrogen and oxygen atoms in total. The van der Waals surface area contributed by atoms with Crippen molar-refractivity contribution in [2.75, 3.05) is 20.3 Å². The standard InChI is InChI=1S/C16H19ClF3NO2S/c1-22-8-14(21)13-3-2-11(17)6-10(13)4-5-23-12-7-15(24-9-12)16(18,19)20/h6-7,9,14H,2-5,8,21H2,1H3. The summed E-state index contributed by atoms with van der Waals surface area (Å²) in [4.78, 5) is -0.667. The van der Waals surface area contributed by atoms with Crippen molar-refractivity contribution in [1.82, 2.24) is 0 Å². The van der Waals surface area contributed by atoms with Crippen molar-refractivity contribution >= 4 is 22.9 Å². The first-order valence-corrected chi connectivity index (χ1v) is 8.68. The molecule has 1 unspecified atom stereocenters. The van der Waals surface area contributed by atoms with Gasteiger partial charge in [0.25, 0.3) is 0 Å². The van der Waals surface area contributed by atoms with Gasteiger partial charge in [0.15, 0.2) is 0 Å². The molecule has 1 aliphatic rings. The number of ether oxygens (including phenoxy) is 2. The smallest absolute Gasteiger partial charge is 0.425 e. The monoisotopic (exact) mass is 381 g/mol. The van der Waals surface area contributed by atoms with Gasteiger partial charge in [0, 0.05) is 36.1 Å². The first-order chi connectivity index (χ1) is 11.3. The summed E-state index contributed by atoms with van der Waals surface area (Å²) in [6.45, 7) is 0.665. The van der Waals surface area contributed by atoms with E-state index in [1.54, 1.807) is 7.11 Å². The van der Waals surface area contributed by atoms with Gasteiger partial charge in [0.2, 0.25) is 0 Å². The van der Waals surface area contributed by atoms with Crippen molar-refractivity contribution in [2.45, 2.75) is 31.5 Å². The fourth-order valence-corrected chi connectivity index (χ4v) is 3.45. The first kappa shape index (κ1) is 19.3. The van der Waals surface area contributed by atoms with Crippen LogP contribution in [-0.2, 0) is 10.9 Å². The average molecular weight is 382 g/mol. The number of rotatable bonds is 7. The molecule has 1 atom stereocenters. The average Bonchev–Trinajstić information content (AvgIpc) is 2.96. The predicted octanol–water partition coefficient (Wildman–Crippen LogP) is 4.72. The molecule has 0 aliphatic heterocycles. The lowest BCUT2D eigenvalue weighted by Gasteiger charge is -2.23. The van der Waals surface area contributed by atoms with Crippen LogP contribution in [0.25, 0.3) is 0 Å². The molecule has 1 aliphatic carbocycles. The highest BCUT2D eigenvalue weighted by atomic mass is 35.5. The second-order valence-corrected chi connectivity index (χ2v) is 6.84. The van der Waals surface area contributed by atoms with Gasteiger partial charge in [-0.1, -0.05) is 11.6 Å². The number of nitrogens with two attached hydrogens (primary N) is 1. The molecule has 2 rings (SSSR count). The molecule has 0 saturated carbocycles. The summed E-state index contributed by atoms with van der Waals surface area (Å²) in [5.74, 6) is 0.224. The van der Waals surface area contributed by atoms with E-state index < -0.39 is 11.1 Å². The summed E-state index contributed by atoms with van der Waals surface area (Å²) in [6.07, 6.45) is -0.452. The summed E-state index contributed by atoms with van der Waals surface area (Å²) in [5.41, 5.74) is 8.14. The molecular formula is C16H19ClF3NO2S. The molecule has 0 spiro atoms. The molecule has 0 aromatic carbocycles. The number of hydrogen-bond donors (Lipinski definition) is 1. The van der Waals surface area contributed by atoms with Crippen LogP contribution in [0.4, 0.5) is 13.2 Å². The lowest BCUT2D eigenvalue weighted by Crippen LogP contribution is -2.30. The van der Waals surface area contributed by atoms with Gasteiger partial charge >= 0.3 is 6.18 Å². The van der Waals surface area contributed by atoms with Crippen molar-refractivity contribution in [2.24, 2.45) is 5.73 Å². The molecule has 134 valence electrons. The Kier molecular flexibility index (Phi) is 6.74. The topological polar surface area (TPSA) is 44.5 Å². The van der Waals surface area contributed by atoms with E-state index in [-0.39, 0.29) is 18.4 Å². The van der Waals surface area contributed by atoms with Crippen LogP contribution >= 0.6 is 22.9 Å². The zero-order chi connectivity index (χ0) is 17.7. The normalized spacial score (nSPS) is 17.0. The van der Waals surface area contributed by atoms with E-state index in [2.05, 4.69) is 0 Å². The summed E-state index contributed by atoms with van der Waals surface area (Å²) >= 11 is 6.72. The van der Waals surface area contributed by atoms with Crippen molar-refractivity contribution < 1.29 is 22.6 Å². The van der Waals surface area contributed by atoms with Gasteiger partial charge in [-0.15, -0.1) is 11.3 Å². The summed E-state index contributed by atoms with van der Waals surface area (Å²) in [5, 5.41) is 2.10. The Labute approximate surface area is 147 Å². The van der Waals surface area contributed by atoms with Crippen LogP contribution in [0.15, 0.2) is 33.7 Å². The van der Waals surface area contributed by atoms with E-state index in [1.807, 2.05) is 6.08 Å². The summed E-state index contributed by atoms with van der Waals surface area (Å²) in [7, 11) is 1.59. The third-order valence-electron chi connectivity index (χ3n) is 3.67. The summed E-state index contributed by atoms with van der Waals surface area (Å²) < 4.78 is 48.2. The highest BCUT2D eigenvalue weighted by Crippen LogP contribution is 2.36. The van der Waals surface area contributed by atoms with E-state index in [9.17, 15) is 13.2 Å². The van der Waals surface area contributed by atoms with Gasteiger partial charge in [0.05, 0.1) is 13.2 Å². The van der Waals surface area contributed by atoms with Crippen LogP contribution in [0.5, 0.6) is 5.75 Å². The molecule has 0 radical (unpaired) electrons. The summed E-state index contributed by atoms with van der Waals surface area (Å²) in [6, 6.07) is 0.796. The maximum absolute atomic E-state index is 12.6. The Morgan fingerprint density at radius 1 is 1.38 bits per heavy atom. The maximum Gasteiger partial charge on any atom is 0.425 e. The highest BCUT2D eigenvalue weighted by molar-refractivity contribution is 7.10. The maximum atomic E-state index is 12.6. The molecule has 1 heterocycles. The van der Waals surface area contributed by atoms with Crippen LogP contribution in [0.3, 0.4) is 0 Å². The molecule has 0 fully saturated rings. The Bertz CT molecular complexity index is 625. The minimum Gasteiger partial charge on any atom is -0.492 e. The Morgan fingerprint density at radius 3 is 2.75 bits per heavy atom. The van der Waals surface area contributed by atoms with E-state index >= 15 is 0 Å². The number of methoxy groups -OCH3 is 1. The second kappa shape index (κ2) is 8.38. The Hall–Kier alpha value is -1.02. The zero-order valence-corrected chi connectivity index (χ0v) is 14.7.